The molecule has 14 nitrogen and oxygen atoms in total. The number of aldehydes is 1. The Balaban J connectivity index is 1.71. The number of rotatable bonds is 17. The topological polar surface area (TPSA) is 183 Å². The van der Waals surface area contributed by atoms with E-state index in [1.165, 1.54) is 17.0 Å². The molecule has 0 radical (unpaired) electrons. The SMILES string of the molecule is CCOC(=O)N(COC[C@@H](C=O)NC(=O)CCCCCNc1ccc([N+](=O)[O-])cc1[N+](=O)[O-])c1ccccc1. The molecule has 0 bridgehead atoms. The van der Waals surface area contributed by atoms with Crippen LogP contribution in [0.2, 0.25) is 0 Å². The molecular weight excluding hydrogens is 514 g/mol. The van der Waals surface area contributed by atoms with Crippen LogP contribution in [-0.2, 0) is 19.1 Å². The predicted octanol–water partition coefficient (Wildman–Crippen LogP) is 3.80. The minimum absolute atomic E-state index is 0.143. The molecule has 2 N–H and O–H groups in total. The summed E-state index contributed by atoms with van der Waals surface area (Å²) in [5.41, 5.74) is -0.0316. The number of para-hydroxylation sites is 1. The number of hydrogen-bond donors (Lipinski definition) is 2. The van der Waals surface area contributed by atoms with Crippen LogP contribution in [0.25, 0.3) is 0 Å². The monoisotopic (exact) mass is 545 g/mol. The van der Waals surface area contributed by atoms with Gasteiger partial charge in [-0.25, -0.2) is 4.79 Å². The summed E-state index contributed by atoms with van der Waals surface area (Å²) in [7, 11) is 0. The number of carbonyl (C=O) groups excluding carboxylic acids is 3. The van der Waals surface area contributed by atoms with Crippen LogP contribution in [0.15, 0.2) is 48.5 Å². The summed E-state index contributed by atoms with van der Waals surface area (Å²) in [4.78, 5) is 57.8. The van der Waals surface area contributed by atoms with E-state index in [1.54, 1.807) is 37.3 Å². The first-order chi connectivity index (χ1) is 18.8. The van der Waals surface area contributed by atoms with E-state index in [4.69, 9.17) is 9.47 Å². The molecule has 0 aliphatic carbocycles. The second-order valence-corrected chi connectivity index (χ2v) is 8.23. The molecule has 2 amide bonds. The molecule has 2 rings (SSSR count). The summed E-state index contributed by atoms with van der Waals surface area (Å²) in [5.74, 6) is -0.347. The van der Waals surface area contributed by atoms with Crippen molar-refractivity contribution in [3.05, 3.63) is 68.8 Å². The van der Waals surface area contributed by atoms with Crippen molar-refractivity contribution < 1.29 is 33.7 Å². The first-order valence-corrected chi connectivity index (χ1v) is 12.2. The molecule has 14 heteroatoms. The summed E-state index contributed by atoms with van der Waals surface area (Å²) in [6, 6.07) is 11.2. The Hall–Kier alpha value is -4.59. The summed E-state index contributed by atoms with van der Waals surface area (Å²) in [6.45, 7) is 1.91. The number of nitro benzene ring substituents is 2. The van der Waals surface area contributed by atoms with Crippen molar-refractivity contribution in [2.75, 3.05) is 36.7 Å². The average Bonchev–Trinajstić information content (AvgIpc) is 2.92. The molecule has 2 aromatic carbocycles. The molecule has 210 valence electrons. The van der Waals surface area contributed by atoms with Crippen molar-refractivity contribution in [2.45, 2.75) is 38.6 Å². The van der Waals surface area contributed by atoms with Gasteiger partial charge in [-0.05, 0) is 38.0 Å². The molecule has 2 aromatic rings. The zero-order valence-electron chi connectivity index (χ0n) is 21.4. The Morgan fingerprint density at radius 3 is 2.44 bits per heavy atom. The number of hydrogen-bond acceptors (Lipinski definition) is 10. The van der Waals surface area contributed by atoms with Crippen LogP contribution in [0.3, 0.4) is 0 Å². The Kier molecular flexibility index (Phi) is 12.8. The van der Waals surface area contributed by atoms with Gasteiger partial charge in [0, 0.05) is 24.7 Å². The zero-order valence-corrected chi connectivity index (χ0v) is 21.4. The van der Waals surface area contributed by atoms with Gasteiger partial charge in [-0.2, -0.15) is 0 Å². The van der Waals surface area contributed by atoms with Crippen LogP contribution >= 0.6 is 0 Å². The number of nitrogens with zero attached hydrogens (tertiary/aromatic N) is 3. The molecule has 0 spiro atoms. The summed E-state index contributed by atoms with van der Waals surface area (Å²) in [6.07, 6.45) is 1.82. The highest BCUT2D eigenvalue weighted by molar-refractivity contribution is 5.87. The number of nitrogens with one attached hydrogen (secondary N) is 2. The van der Waals surface area contributed by atoms with Crippen LogP contribution < -0.4 is 15.5 Å². The molecule has 0 fully saturated rings. The van der Waals surface area contributed by atoms with Crippen LogP contribution in [-0.4, -0.2) is 60.7 Å². The fourth-order valence-corrected chi connectivity index (χ4v) is 3.45. The second kappa shape index (κ2) is 16.3. The van der Waals surface area contributed by atoms with Gasteiger partial charge in [0.25, 0.3) is 11.4 Å². The van der Waals surface area contributed by atoms with Crippen molar-refractivity contribution in [3.63, 3.8) is 0 Å². The molecule has 0 aromatic heterocycles. The first-order valence-electron chi connectivity index (χ1n) is 12.2. The van der Waals surface area contributed by atoms with Crippen molar-refractivity contribution in [2.24, 2.45) is 0 Å². The lowest BCUT2D eigenvalue weighted by molar-refractivity contribution is -0.393. The summed E-state index contributed by atoms with van der Waals surface area (Å²) >= 11 is 0. The van der Waals surface area contributed by atoms with E-state index in [2.05, 4.69) is 10.6 Å². The summed E-state index contributed by atoms with van der Waals surface area (Å²) in [5, 5.41) is 27.5. The molecule has 0 saturated carbocycles. The minimum atomic E-state index is -0.901. The normalized spacial score (nSPS) is 11.2. The highest BCUT2D eigenvalue weighted by atomic mass is 16.6. The van der Waals surface area contributed by atoms with Crippen LogP contribution in [0.5, 0.6) is 0 Å². The fourth-order valence-electron chi connectivity index (χ4n) is 3.45. The molecule has 0 saturated heterocycles. The second-order valence-electron chi connectivity index (χ2n) is 8.23. The van der Waals surface area contributed by atoms with E-state index in [-0.39, 0.29) is 49.3 Å². The van der Waals surface area contributed by atoms with Gasteiger partial charge in [0.1, 0.15) is 24.7 Å². The highest BCUT2D eigenvalue weighted by Crippen LogP contribution is 2.28. The highest BCUT2D eigenvalue weighted by Gasteiger charge is 2.20. The third kappa shape index (κ3) is 10.4. The third-order valence-corrected chi connectivity index (χ3v) is 5.37. The lowest BCUT2D eigenvalue weighted by Gasteiger charge is -2.22. The quantitative estimate of drug-likeness (QED) is 0.0974. The summed E-state index contributed by atoms with van der Waals surface area (Å²) < 4.78 is 10.5. The van der Waals surface area contributed by atoms with Gasteiger partial charge in [0.05, 0.1) is 29.1 Å². The smallest absolute Gasteiger partial charge is 0.416 e. The van der Waals surface area contributed by atoms with E-state index in [9.17, 15) is 34.6 Å². The van der Waals surface area contributed by atoms with Gasteiger partial charge in [0.15, 0.2) is 0 Å². The standard InChI is InChI=1S/C25H31N5O9/c1-2-39-25(33)28(20-9-5-3-6-10-20)18-38-17-19(16-31)27-24(32)11-7-4-8-14-26-22-13-12-21(29(34)35)15-23(22)30(36)37/h3,5-6,9-10,12-13,15-16,19,26H,2,4,7-8,11,14,17-18H2,1H3,(H,27,32)/t19-/m1/s1. The molecular formula is C25H31N5O9. The van der Waals surface area contributed by atoms with Gasteiger partial charge in [0.2, 0.25) is 5.91 Å². The zero-order chi connectivity index (χ0) is 28.6. The number of ether oxygens (including phenoxy) is 2. The van der Waals surface area contributed by atoms with Gasteiger partial charge >= 0.3 is 6.09 Å². The maximum Gasteiger partial charge on any atom is 0.416 e. The van der Waals surface area contributed by atoms with Crippen molar-refractivity contribution in [1.82, 2.24) is 5.32 Å². The number of unbranched alkanes of at least 4 members (excludes halogenated alkanes) is 2. The van der Waals surface area contributed by atoms with Crippen molar-refractivity contribution in [3.8, 4) is 0 Å². The molecule has 1 atom stereocenters. The number of non-ortho nitro benzene ring substituents is 1. The van der Waals surface area contributed by atoms with Crippen LogP contribution in [0.1, 0.15) is 32.6 Å². The van der Waals surface area contributed by atoms with Gasteiger partial charge in [-0.3, -0.25) is 29.9 Å². The molecule has 39 heavy (non-hydrogen) atoms. The molecule has 0 aliphatic heterocycles. The number of anilines is 2. The molecule has 0 unspecified atom stereocenters. The maximum atomic E-state index is 12.3. The Labute approximate surface area is 224 Å². The lowest BCUT2D eigenvalue weighted by atomic mass is 10.1. The number of benzene rings is 2. The van der Waals surface area contributed by atoms with Crippen LogP contribution in [0.4, 0.5) is 27.5 Å². The van der Waals surface area contributed by atoms with Crippen LogP contribution in [0, 0.1) is 20.2 Å². The first kappa shape index (κ1) is 30.6. The van der Waals surface area contributed by atoms with Gasteiger partial charge < -0.3 is 24.9 Å². The molecule has 0 aliphatic rings. The van der Waals surface area contributed by atoms with Gasteiger partial charge in [-0.1, -0.05) is 24.6 Å². The Morgan fingerprint density at radius 1 is 1.05 bits per heavy atom. The third-order valence-electron chi connectivity index (χ3n) is 5.37. The van der Waals surface area contributed by atoms with E-state index in [0.717, 1.165) is 6.07 Å². The number of amides is 2. The van der Waals surface area contributed by atoms with E-state index in [1.807, 2.05) is 0 Å². The average molecular weight is 546 g/mol. The number of nitro groups is 2. The minimum Gasteiger partial charge on any atom is -0.449 e. The van der Waals surface area contributed by atoms with E-state index < -0.39 is 22.0 Å². The predicted molar refractivity (Wildman–Crippen MR) is 141 cm³/mol. The maximum absolute atomic E-state index is 12.3. The van der Waals surface area contributed by atoms with Crippen molar-refractivity contribution in [1.29, 1.82) is 0 Å². The Bertz CT molecular complexity index is 1130. The van der Waals surface area contributed by atoms with Gasteiger partial charge in [-0.15, -0.1) is 0 Å². The number of carbonyl (C=O) groups is 3. The lowest BCUT2D eigenvalue weighted by Crippen LogP contribution is -2.41. The van der Waals surface area contributed by atoms with E-state index in [0.29, 0.717) is 37.8 Å². The largest absolute Gasteiger partial charge is 0.449 e. The van der Waals surface area contributed by atoms with E-state index >= 15 is 0 Å². The fraction of sp³-hybridized carbons (Fsp3) is 0.400. The Morgan fingerprint density at radius 2 is 1.79 bits per heavy atom. The van der Waals surface area contributed by atoms with Crippen molar-refractivity contribution >= 4 is 41.0 Å². The molecule has 0 heterocycles.